The van der Waals surface area contributed by atoms with Gasteiger partial charge < -0.3 is 9.64 Å². The first-order valence-corrected chi connectivity index (χ1v) is 7.69. The summed E-state index contributed by atoms with van der Waals surface area (Å²) in [6.07, 6.45) is 1.79. The predicted octanol–water partition coefficient (Wildman–Crippen LogP) is 0.696. The zero-order valence-electron chi connectivity index (χ0n) is 10.9. The van der Waals surface area contributed by atoms with Crippen molar-refractivity contribution in [1.29, 1.82) is 0 Å². The van der Waals surface area contributed by atoms with Crippen molar-refractivity contribution >= 4 is 15.8 Å². The summed E-state index contributed by atoms with van der Waals surface area (Å²) in [6.45, 7) is 3.18. The number of hydrogen-bond acceptors (Lipinski definition) is 5. The third-order valence-electron chi connectivity index (χ3n) is 2.58. The van der Waals surface area contributed by atoms with Crippen molar-refractivity contribution in [2.24, 2.45) is 0 Å². The van der Waals surface area contributed by atoms with Crippen LogP contribution < -0.4 is 0 Å². The quantitative estimate of drug-likeness (QED) is 0.574. The van der Waals surface area contributed by atoms with Crippen molar-refractivity contribution < 1.29 is 17.9 Å². The van der Waals surface area contributed by atoms with Gasteiger partial charge in [-0.05, 0) is 33.0 Å². The molecular formula is C11H23NO4S. The highest BCUT2D eigenvalue weighted by molar-refractivity contribution is 7.91. The van der Waals surface area contributed by atoms with E-state index in [1.165, 1.54) is 7.11 Å². The summed E-state index contributed by atoms with van der Waals surface area (Å²) < 4.78 is 27.0. The fourth-order valence-corrected chi connectivity index (χ4v) is 2.26. The molecule has 5 nitrogen and oxygen atoms in total. The molecule has 0 aliphatic rings. The molecule has 0 bridgehead atoms. The first kappa shape index (κ1) is 16.4. The van der Waals surface area contributed by atoms with E-state index in [2.05, 4.69) is 4.74 Å². The van der Waals surface area contributed by atoms with Crippen molar-refractivity contribution in [1.82, 2.24) is 4.90 Å². The van der Waals surface area contributed by atoms with Gasteiger partial charge in [0.2, 0.25) is 0 Å². The number of methoxy groups -OCH3 is 1. The van der Waals surface area contributed by atoms with E-state index in [0.717, 1.165) is 19.5 Å². The maximum atomic E-state index is 11.2. The highest BCUT2D eigenvalue weighted by Gasteiger charge is 2.08. The lowest BCUT2D eigenvalue weighted by Gasteiger charge is -2.15. The van der Waals surface area contributed by atoms with Gasteiger partial charge in [-0.1, -0.05) is 6.92 Å². The molecule has 0 heterocycles. The zero-order chi connectivity index (χ0) is 13.3. The molecular weight excluding hydrogens is 242 g/mol. The molecule has 0 spiro atoms. The summed E-state index contributed by atoms with van der Waals surface area (Å²) >= 11 is 0. The van der Waals surface area contributed by atoms with Crippen LogP contribution in [0.5, 0.6) is 0 Å². The Bertz CT molecular complexity index is 313. The first-order valence-electron chi connectivity index (χ1n) is 5.87. The predicted molar refractivity (Wildman–Crippen MR) is 67.7 cm³/mol. The van der Waals surface area contributed by atoms with Crippen LogP contribution in [0.3, 0.4) is 0 Å². The topological polar surface area (TPSA) is 63.7 Å². The van der Waals surface area contributed by atoms with Crippen LogP contribution in [-0.2, 0) is 19.4 Å². The Kier molecular flexibility index (Phi) is 8.16. The van der Waals surface area contributed by atoms with Gasteiger partial charge >= 0.3 is 5.97 Å². The third kappa shape index (κ3) is 9.12. The normalized spacial score (nSPS) is 11.8. The van der Waals surface area contributed by atoms with E-state index in [0.29, 0.717) is 12.8 Å². The van der Waals surface area contributed by atoms with Gasteiger partial charge in [0.1, 0.15) is 9.84 Å². The number of rotatable bonds is 9. The van der Waals surface area contributed by atoms with E-state index in [-0.39, 0.29) is 17.5 Å². The van der Waals surface area contributed by atoms with Gasteiger partial charge in [0.25, 0.3) is 0 Å². The largest absolute Gasteiger partial charge is 0.469 e. The Morgan fingerprint density at radius 1 is 1.24 bits per heavy atom. The minimum Gasteiger partial charge on any atom is -0.469 e. The van der Waals surface area contributed by atoms with Crippen molar-refractivity contribution in [3.05, 3.63) is 0 Å². The zero-order valence-corrected chi connectivity index (χ0v) is 11.8. The first-order chi connectivity index (χ1) is 7.91. The molecule has 0 aromatic carbocycles. The smallest absolute Gasteiger partial charge is 0.305 e. The standard InChI is InChI=1S/C11H23NO4S/c1-4-17(14,15)10-6-9-12(2)8-5-7-11(13)16-3/h4-10H2,1-3H3. The van der Waals surface area contributed by atoms with Crippen molar-refractivity contribution in [2.75, 3.05) is 38.8 Å². The Labute approximate surface area is 104 Å². The van der Waals surface area contributed by atoms with Gasteiger partial charge in [-0.2, -0.15) is 0 Å². The van der Waals surface area contributed by atoms with Crippen molar-refractivity contribution in [3.63, 3.8) is 0 Å². The fraction of sp³-hybridized carbons (Fsp3) is 0.909. The van der Waals surface area contributed by atoms with E-state index in [1.807, 2.05) is 11.9 Å². The summed E-state index contributed by atoms with van der Waals surface area (Å²) in [5, 5.41) is 0. The number of sulfone groups is 1. The van der Waals surface area contributed by atoms with Crippen LogP contribution in [0.15, 0.2) is 0 Å². The average molecular weight is 265 g/mol. The third-order valence-corrected chi connectivity index (χ3v) is 4.37. The van der Waals surface area contributed by atoms with Crippen LogP contribution in [0.25, 0.3) is 0 Å². The number of carbonyl (C=O) groups is 1. The van der Waals surface area contributed by atoms with Crippen LogP contribution in [0.2, 0.25) is 0 Å². The van der Waals surface area contributed by atoms with Gasteiger partial charge in [-0.15, -0.1) is 0 Å². The lowest BCUT2D eigenvalue weighted by molar-refractivity contribution is -0.140. The van der Waals surface area contributed by atoms with Gasteiger partial charge in [-0.25, -0.2) is 8.42 Å². The minimum atomic E-state index is -2.85. The molecule has 0 rings (SSSR count). The molecule has 0 unspecified atom stereocenters. The summed E-state index contributed by atoms with van der Waals surface area (Å²) in [6, 6.07) is 0. The fourth-order valence-electron chi connectivity index (χ4n) is 1.41. The Balaban J connectivity index is 3.60. The number of carbonyl (C=O) groups excluding carboxylic acids is 1. The lowest BCUT2D eigenvalue weighted by atomic mass is 10.3. The van der Waals surface area contributed by atoms with Crippen molar-refractivity contribution in [3.8, 4) is 0 Å². The van der Waals surface area contributed by atoms with Gasteiger partial charge in [0.15, 0.2) is 0 Å². The molecule has 0 N–H and O–H groups in total. The molecule has 0 aromatic heterocycles. The SMILES string of the molecule is CCS(=O)(=O)CCCN(C)CCCC(=O)OC. The molecule has 0 atom stereocenters. The minimum absolute atomic E-state index is 0.202. The lowest BCUT2D eigenvalue weighted by Crippen LogP contribution is -2.24. The second-order valence-electron chi connectivity index (χ2n) is 4.07. The van der Waals surface area contributed by atoms with Gasteiger partial charge in [-0.3, -0.25) is 4.79 Å². The van der Waals surface area contributed by atoms with Crippen LogP contribution in [0.4, 0.5) is 0 Å². The number of hydrogen-bond donors (Lipinski definition) is 0. The summed E-state index contributed by atoms with van der Waals surface area (Å²) in [5.74, 6) is 0.246. The molecule has 0 saturated carbocycles. The van der Waals surface area contributed by atoms with Crippen molar-refractivity contribution in [2.45, 2.75) is 26.2 Å². The Hall–Kier alpha value is -0.620. The molecule has 0 aliphatic carbocycles. The van der Waals surface area contributed by atoms with E-state index in [9.17, 15) is 13.2 Å². The van der Waals surface area contributed by atoms with Crippen LogP contribution in [-0.4, -0.2) is 58.0 Å². The van der Waals surface area contributed by atoms with E-state index in [1.54, 1.807) is 6.92 Å². The molecule has 0 fully saturated rings. The maximum absolute atomic E-state index is 11.2. The molecule has 0 radical (unpaired) electrons. The monoisotopic (exact) mass is 265 g/mol. The van der Waals surface area contributed by atoms with Crippen LogP contribution >= 0.6 is 0 Å². The molecule has 0 amide bonds. The Morgan fingerprint density at radius 3 is 2.35 bits per heavy atom. The van der Waals surface area contributed by atoms with Crippen LogP contribution in [0.1, 0.15) is 26.2 Å². The van der Waals surface area contributed by atoms with Gasteiger partial charge in [0, 0.05) is 12.2 Å². The molecule has 6 heteroatoms. The number of nitrogens with zero attached hydrogens (tertiary/aromatic N) is 1. The molecule has 17 heavy (non-hydrogen) atoms. The maximum Gasteiger partial charge on any atom is 0.305 e. The number of ether oxygens (including phenoxy) is 1. The average Bonchev–Trinajstić information content (AvgIpc) is 2.28. The highest BCUT2D eigenvalue weighted by atomic mass is 32.2. The molecule has 0 saturated heterocycles. The summed E-state index contributed by atoms with van der Waals surface area (Å²) in [4.78, 5) is 12.9. The second-order valence-corrected chi connectivity index (χ2v) is 6.55. The van der Waals surface area contributed by atoms with E-state index in [4.69, 9.17) is 0 Å². The van der Waals surface area contributed by atoms with E-state index < -0.39 is 9.84 Å². The molecule has 0 aromatic rings. The summed E-state index contributed by atoms with van der Waals surface area (Å²) in [7, 11) is 0.449. The van der Waals surface area contributed by atoms with Crippen LogP contribution in [0, 0.1) is 0 Å². The number of esters is 1. The Morgan fingerprint density at radius 2 is 1.82 bits per heavy atom. The van der Waals surface area contributed by atoms with Gasteiger partial charge in [0.05, 0.1) is 12.9 Å². The second kappa shape index (κ2) is 8.47. The molecule has 102 valence electrons. The highest BCUT2D eigenvalue weighted by Crippen LogP contribution is 1.98. The van der Waals surface area contributed by atoms with E-state index >= 15 is 0 Å². The summed E-state index contributed by atoms with van der Waals surface area (Å²) in [5.41, 5.74) is 0. The molecule has 0 aliphatic heterocycles.